The second-order valence-electron chi connectivity index (χ2n) is 11.5. The molecule has 1 fully saturated rings. The molecule has 1 heterocycles. The quantitative estimate of drug-likeness (QED) is 0.312. The molecule has 2 amide bonds. The van der Waals surface area contributed by atoms with Crippen LogP contribution < -0.4 is 10.6 Å². The van der Waals surface area contributed by atoms with Gasteiger partial charge in [-0.3, -0.25) is 14.5 Å². The Morgan fingerprint density at radius 1 is 0.857 bits per heavy atom. The van der Waals surface area contributed by atoms with Crippen LogP contribution in [0.4, 0.5) is 44.3 Å². The molecule has 0 radical (unpaired) electrons. The summed E-state index contributed by atoms with van der Waals surface area (Å²) in [6, 6.07) is -4.18. The van der Waals surface area contributed by atoms with Crippen LogP contribution in [0.25, 0.3) is 0 Å². The van der Waals surface area contributed by atoms with Crippen molar-refractivity contribution in [1.29, 1.82) is 0 Å². The van der Waals surface area contributed by atoms with Crippen molar-refractivity contribution < 1.29 is 63.4 Å². The van der Waals surface area contributed by atoms with Gasteiger partial charge in [-0.1, -0.05) is 27.7 Å². The maximum Gasteiger partial charge on any atom is 0.460 e. The van der Waals surface area contributed by atoms with Gasteiger partial charge in [-0.25, -0.2) is 4.79 Å². The summed E-state index contributed by atoms with van der Waals surface area (Å²) in [6.07, 6.45) is -7.29. The molecule has 0 bridgehead atoms. The normalized spacial score (nSPS) is 18.7. The molecule has 0 aliphatic carbocycles. The standard InChI is InChI=1S/C24H36F9N3O4.CH2O/c1-12(2)14(34-19(39)40-20(5,6)7)11-36-10-8-9-15(36)18(38)35-16(13(3)4)17(37)21(25,26)22(27,28)23(29,30)24(31,32)33;1-2/h12-16H,8-11H2,1-7H3,(H,34,39)(H,35,38);1H2/t14?,15-,16?;/m0./s1. The lowest BCUT2D eigenvalue weighted by Crippen LogP contribution is -2.67. The molecule has 246 valence electrons. The molecule has 2 unspecified atom stereocenters. The first kappa shape index (κ1) is 39.4. The highest BCUT2D eigenvalue weighted by atomic mass is 19.4. The van der Waals surface area contributed by atoms with Gasteiger partial charge in [0.15, 0.2) is 0 Å². The van der Waals surface area contributed by atoms with E-state index in [1.807, 2.05) is 12.1 Å². The fourth-order valence-electron chi connectivity index (χ4n) is 3.99. The van der Waals surface area contributed by atoms with Crippen LogP contribution in [0.15, 0.2) is 0 Å². The summed E-state index contributed by atoms with van der Waals surface area (Å²) in [6.45, 7) is 12.8. The number of nitrogens with one attached hydrogen (secondary N) is 2. The molecule has 17 heteroatoms. The number of hydrogen-bond acceptors (Lipinski definition) is 6. The number of Topliss-reactive ketones (excluding diaryl/α,β-unsaturated/α-hetero) is 1. The number of hydrogen-bond donors (Lipinski definition) is 2. The number of carbonyl (C=O) groups is 4. The molecule has 1 aliphatic rings. The van der Waals surface area contributed by atoms with Crippen LogP contribution in [0.1, 0.15) is 61.3 Å². The third-order valence-electron chi connectivity index (χ3n) is 6.31. The largest absolute Gasteiger partial charge is 0.460 e. The van der Waals surface area contributed by atoms with E-state index in [1.165, 1.54) is 0 Å². The second kappa shape index (κ2) is 14.3. The predicted molar refractivity (Wildman–Crippen MR) is 132 cm³/mol. The third-order valence-corrected chi connectivity index (χ3v) is 6.31. The number of carbonyl (C=O) groups excluding carboxylic acids is 4. The molecule has 0 aromatic rings. The van der Waals surface area contributed by atoms with Crippen LogP contribution in [-0.2, 0) is 19.1 Å². The summed E-state index contributed by atoms with van der Waals surface area (Å²) in [5.41, 5.74) is -0.803. The highest BCUT2D eigenvalue weighted by Crippen LogP contribution is 2.53. The molecule has 2 N–H and O–H groups in total. The number of halogens is 9. The summed E-state index contributed by atoms with van der Waals surface area (Å²) >= 11 is 0. The number of likely N-dealkylation sites (tertiary alicyclic amines) is 1. The van der Waals surface area contributed by atoms with Crippen molar-refractivity contribution in [3.63, 3.8) is 0 Å². The predicted octanol–water partition coefficient (Wildman–Crippen LogP) is 4.99. The van der Waals surface area contributed by atoms with Crippen LogP contribution in [-0.4, -0.2) is 90.2 Å². The van der Waals surface area contributed by atoms with E-state index in [9.17, 15) is 53.9 Å². The Morgan fingerprint density at radius 3 is 1.76 bits per heavy atom. The summed E-state index contributed by atoms with van der Waals surface area (Å²) in [4.78, 5) is 47.1. The zero-order chi connectivity index (χ0) is 33.6. The molecule has 1 aliphatic heterocycles. The third kappa shape index (κ3) is 9.20. The molecular formula is C25H38F9N3O5. The minimum atomic E-state index is -7.24. The average molecular weight is 632 g/mol. The fourth-order valence-corrected chi connectivity index (χ4v) is 3.99. The SMILES string of the molecule is C=O.CC(C)C(CN1CCC[C@H]1C(=O)NC(C(=O)C(F)(F)C(F)(F)C(F)(F)C(F)(F)F)C(C)C)NC(=O)OC(C)(C)C. The Hall–Kier alpha value is -2.59. The molecule has 1 rings (SSSR count). The van der Waals surface area contributed by atoms with Crippen molar-refractivity contribution in [2.24, 2.45) is 11.8 Å². The molecule has 0 saturated carbocycles. The molecule has 0 aromatic carbocycles. The zero-order valence-electron chi connectivity index (χ0n) is 24.3. The average Bonchev–Trinajstić information content (AvgIpc) is 3.28. The lowest BCUT2D eigenvalue weighted by Gasteiger charge is -2.36. The number of rotatable bonds is 11. The van der Waals surface area contributed by atoms with Gasteiger partial charge in [0.1, 0.15) is 12.4 Å². The van der Waals surface area contributed by atoms with E-state index in [1.54, 1.807) is 39.5 Å². The van der Waals surface area contributed by atoms with E-state index >= 15 is 0 Å². The Kier molecular flexibility index (Phi) is 13.4. The monoisotopic (exact) mass is 631 g/mol. The maximum atomic E-state index is 14.3. The highest BCUT2D eigenvalue weighted by molar-refractivity contribution is 5.96. The number of ether oxygens (including phenoxy) is 1. The van der Waals surface area contributed by atoms with E-state index in [-0.39, 0.29) is 25.4 Å². The first-order valence-corrected chi connectivity index (χ1v) is 12.8. The van der Waals surface area contributed by atoms with Crippen molar-refractivity contribution in [2.75, 3.05) is 13.1 Å². The van der Waals surface area contributed by atoms with Gasteiger partial charge in [0.2, 0.25) is 11.7 Å². The van der Waals surface area contributed by atoms with E-state index in [4.69, 9.17) is 9.53 Å². The number of alkyl halides is 9. The molecule has 3 atom stereocenters. The molecule has 0 spiro atoms. The van der Waals surface area contributed by atoms with Crippen LogP contribution in [0, 0.1) is 11.8 Å². The van der Waals surface area contributed by atoms with Gasteiger partial charge in [-0.2, -0.15) is 39.5 Å². The van der Waals surface area contributed by atoms with Crippen molar-refractivity contribution in [3.05, 3.63) is 0 Å². The molecule has 42 heavy (non-hydrogen) atoms. The summed E-state index contributed by atoms with van der Waals surface area (Å²) < 4.78 is 126. The number of ketones is 1. The van der Waals surface area contributed by atoms with Gasteiger partial charge >= 0.3 is 30.0 Å². The van der Waals surface area contributed by atoms with E-state index in [2.05, 4.69) is 5.32 Å². The van der Waals surface area contributed by atoms with Gasteiger partial charge < -0.3 is 20.2 Å². The van der Waals surface area contributed by atoms with Crippen LogP contribution in [0.2, 0.25) is 0 Å². The van der Waals surface area contributed by atoms with Crippen molar-refractivity contribution >= 4 is 24.6 Å². The topological polar surface area (TPSA) is 105 Å². The van der Waals surface area contributed by atoms with Crippen LogP contribution >= 0.6 is 0 Å². The van der Waals surface area contributed by atoms with Crippen LogP contribution in [0.5, 0.6) is 0 Å². The molecule has 8 nitrogen and oxygen atoms in total. The van der Waals surface area contributed by atoms with Crippen molar-refractivity contribution in [1.82, 2.24) is 15.5 Å². The van der Waals surface area contributed by atoms with Crippen LogP contribution in [0.3, 0.4) is 0 Å². The van der Waals surface area contributed by atoms with E-state index < -0.39 is 71.4 Å². The Bertz CT molecular complexity index is 937. The minimum Gasteiger partial charge on any atom is -0.444 e. The van der Waals surface area contributed by atoms with Gasteiger partial charge in [-0.15, -0.1) is 0 Å². The Morgan fingerprint density at radius 2 is 1.36 bits per heavy atom. The highest BCUT2D eigenvalue weighted by Gasteiger charge is 2.83. The molecule has 1 saturated heterocycles. The first-order chi connectivity index (χ1) is 18.8. The maximum absolute atomic E-state index is 14.3. The Balaban J connectivity index is 0.00000821. The van der Waals surface area contributed by atoms with Gasteiger partial charge in [0, 0.05) is 12.6 Å². The van der Waals surface area contributed by atoms with E-state index in [0.717, 1.165) is 13.8 Å². The van der Waals surface area contributed by atoms with Crippen molar-refractivity contribution in [3.8, 4) is 0 Å². The molecular weight excluding hydrogens is 593 g/mol. The lowest BCUT2D eigenvalue weighted by atomic mass is 9.90. The first-order valence-electron chi connectivity index (χ1n) is 12.8. The van der Waals surface area contributed by atoms with Gasteiger partial charge in [0.25, 0.3) is 0 Å². The zero-order valence-corrected chi connectivity index (χ0v) is 24.3. The Labute approximate surface area is 238 Å². The number of alkyl carbamates (subject to hydrolysis) is 1. The summed E-state index contributed by atoms with van der Waals surface area (Å²) in [5, 5.41) is 4.51. The lowest BCUT2D eigenvalue weighted by molar-refractivity contribution is -0.388. The summed E-state index contributed by atoms with van der Waals surface area (Å²) in [7, 11) is 0. The fraction of sp³-hybridized carbons (Fsp3) is 0.840. The minimum absolute atomic E-state index is 0.0569. The van der Waals surface area contributed by atoms with Crippen molar-refractivity contribution in [2.45, 2.75) is 109 Å². The smallest absolute Gasteiger partial charge is 0.444 e. The van der Waals surface area contributed by atoms with E-state index in [0.29, 0.717) is 6.42 Å². The number of nitrogens with zero attached hydrogens (tertiary/aromatic N) is 1. The second-order valence-corrected chi connectivity index (χ2v) is 11.5. The molecule has 0 aromatic heterocycles. The number of amides is 2. The summed E-state index contributed by atoms with van der Waals surface area (Å²) in [5.74, 6) is -26.5. The van der Waals surface area contributed by atoms with Gasteiger partial charge in [0.05, 0.1) is 12.1 Å². The van der Waals surface area contributed by atoms with Gasteiger partial charge in [-0.05, 0) is 52.0 Å².